The molecule has 1 saturated heterocycles. The number of para-hydroxylation sites is 1. The molecule has 0 radical (unpaired) electrons. The molecule has 0 bridgehead atoms. The molecule has 0 unspecified atom stereocenters. The van der Waals surface area contributed by atoms with Gasteiger partial charge in [-0.15, -0.1) is 0 Å². The maximum atomic E-state index is 12.8. The Hall–Kier alpha value is -3.60. The number of hydrogen-bond acceptors (Lipinski definition) is 7. The first-order chi connectivity index (χ1) is 22.0. The normalized spacial score (nSPS) is 14.4. The fourth-order valence-electron chi connectivity index (χ4n) is 5.75. The van der Waals surface area contributed by atoms with Gasteiger partial charge in [0.15, 0.2) is 0 Å². The molecule has 1 fully saturated rings. The Kier molecular flexibility index (Phi) is 11.7. The van der Waals surface area contributed by atoms with Gasteiger partial charge in [-0.05, 0) is 80.4 Å². The molecule has 1 aromatic heterocycles. The summed E-state index contributed by atoms with van der Waals surface area (Å²) in [5, 5.41) is 15.2. The van der Waals surface area contributed by atoms with E-state index in [0.717, 1.165) is 80.4 Å². The van der Waals surface area contributed by atoms with E-state index in [2.05, 4.69) is 56.3 Å². The summed E-state index contributed by atoms with van der Waals surface area (Å²) in [7, 11) is 1.71. The molecule has 1 aliphatic rings. The van der Waals surface area contributed by atoms with Crippen LogP contribution in [-0.4, -0.2) is 69.0 Å². The molecule has 5 rings (SSSR count). The van der Waals surface area contributed by atoms with Gasteiger partial charge in [0.2, 0.25) is 5.91 Å². The first-order valence-corrected chi connectivity index (χ1v) is 16.2. The van der Waals surface area contributed by atoms with Crippen LogP contribution in [0.1, 0.15) is 24.8 Å². The van der Waals surface area contributed by atoms with Crippen LogP contribution in [0, 0.1) is 0 Å². The van der Waals surface area contributed by atoms with Gasteiger partial charge in [0.05, 0.1) is 12.6 Å². The highest BCUT2D eigenvalue weighted by molar-refractivity contribution is 6.30. The van der Waals surface area contributed by atoms with Crippen molar-refractivity contribution in [1.82, 2.24) is 25.8 Å². The van der Waals surface area contributed by atoms with Crippen LogP contribution >= 0.6 is 11.6 Å². The lowest BCUT2D eigenvalue weighted by Crippen LogP contribution is -2.59. The summed E-state index contributed by atoms with van der Waals surface area (Å²) >= 11 is 5.93. The predicted molar refractivity (Wildman–Crippen MR) is 182 cm³/mol. The fraction of sp³-hybridized carbons (Fsp3) is 0.400. The van der Waals surface area contributed by atoms with E-state index in [0.29, 0.717) is 31.0 Å². The zero-order valence-corrected chi connectivity index (χ0v) is 26.8. The number of carbonyl (C=O) groups is 1. The summed E-state index contributed by atoms with van der Waals surface area (Å²) in [5.41, 5.74) is 10.2. The number of methoxy groups -OCH3 is 1. The molecule has 10 heteroatoms. The number of nitrogens with one attached hydrogen (secondary N) is 4. The first-order valence-electron chi connectivity index (χ1n) is 15.8. The van der Waals surface area contributed by atoms with Crippen LogP contribution < -0.4 is 36.5 Å². The number of amides is 1. The smallest absolute Gasteiger partial charge is 0.240 e. The summed E-state index contributed by atoms with van der Waals surface area (Å²) in [6.07, 6.45) is 4.33. The Morgan fingerprint density at radius 3 is 2.56 bits per heavy atom. The summed E-state index contributed by atoms with van der Waals surface area (Å²) in [5.74, 6) is 1.61. The SMILES string of the molecule is COc1ccccc1-c1cn(CCCNC(=O)C2(N)CCNCC2)c2ccc(CNCCNCCOc3ccc(Cl)cc3)cc12. The molecule has 240 valence electrons. The van der Waals surface area contributed by atoms with Crippen molar-refractivity contribution < 1.29 is 14.3 Å². The topological polar surface area (TPSA) is 115 Å². The number of piperidine rings is 1. The number of ether oxygens (including phenoxy) is 2. The van der Waals surface area contributed by atoms with Crippen molar-refractivity contribution in [3.63, 3.8) is 0 Å². The number of carbonyl (C=O) groups excluding carboxylic acids is 1. The number of rotatable bonds is 16. The van der Waals surface area contributed by atoms with Crippen molar-refractivity contribution in [2.45, 2.75) is 37.9 Å². The molecular weight excluding hydrogens is 588 g/mol. The van der Waals surface area contributed by atoms with Crippen molar-refractivity contribution in [2.75, 3.05) is 53.0 Å². The Labute approximate surface area is 270 Å². The third kappa shape index (κ3) is 8.77. The minimum absolute atomic E-state index is 0.0466. The van der Waals surface area contributed by atoms with Gasteiger partial charge in [0.1, 0.15) is 18.1 Å². The average Bonchev–Trinajstić information content (AvgIpc) is 3.42. The van der Waals surface area contributed by atoms with Gasteiger partial charge in [-0.2, -0.15) is 0 Å². The largest absolute Gasteiger partial charge is 0.496 e. The Morgan fingerprint density at radius 1 is 0.978 bits per heavy atom. The molecule has 45 heavy (non-hydrogen) atoms. The minimum atomic E-state index is -0.769. The third-order valence-electron chi connectivity index (χ3n) is 8.32. The highest BCUT2D eigenvalue weighted by Gasteiger charge is 2.34. The van der Waals surface area contributed by atoms with Crippen molar-refractivity contribution in [1.29, 1.82) is 0 Å². The van der Waals surface area contributed by atoms with E-state index in [9.17, 15) is 4.79 Å². The van der Waals surface area contributed by atoms with E-state index in [1.165, 1.54) is 10.9 Å². The Morgan fingerprint density at radius 2 is 1.76 bits per heavy atom. The third-order valence-corrected chi connectivity index (χ3v) is 8.57. The van der Waals surface area contributed by atoms with Crippen LogP contribution in [0.2, 0.25) is 5.02 Å². The van der Waals surface area contributed by atoms with Crippen molar-refractivity contribution in [2.24, 2.45) is 5.73 Å². The van der Waals surface area contributed by atoms with Crippen molar-refractivity contribution in [3.05, 3.63) is 83.5 Å². The van der Waals surface area contributed by atoms with Gasteiger partial charge in [0, 0.05) is 72.5 Å². The van der Waals surface area contributed by atoms with Crippen LogP contribution in [0.4, 0.5) is 0 Å². The van der Waals surface area contributed by atoms with Crippen LogP contribution in [0.15, 0.2) is 72.9 Å². The predicted octanol–water partition coefficient (Wildman–Crippen LogP) is 4.32. The quantitative estimate of drug-likeness (QED) is 0.117. The second-order valence-corrected chi connectivity index (χ2v) is 12.0. The summed E-state index contributed by atoms with van der Waals surface area (Å²) in [6.45, 7) is 6.71. The lowest BCUT2D eigenvalue weighted by Gasteiger charge is -2.32. The van der Waals surface area contributed by atoms with E-state index in [-0.39, 0.29) is 5.91 Å². The number of aromatic nitrogens is 1. The van der Waals surface area contributed by atoms with Gasteiger partial charge >= 0.3 is 0 Å². The molecule has 0 atom stereocenters. The molecule has 2 heterocycles. The van der Waals surface area contributed by atoms with Crippen molar-refractivity contribution >= 4 is 28.4 Å². The number of fused-ring (bicyclic) bond motifs is 1. The highest BCUT2D eigenvalue weighted by Crippen LogP contribution is 2.37. The summed E-state index contributed by atoms with van der Waals surface area (Å²) < 4.78 is 13.7. The number of nitrogens with two attached hydrogens (primary N) is 1. The molecule has 1 aliphatic heterocycles. The second kappa shape index (κ2) is 16.1. The molecule has 4 aromatic rings. The van der Waals surface area contributed by atoms with E-state index in [4.69, 9.17) is 26.8 Å². The van der Waals surface area contributed by atoms with E-state index < -0.39 is 5.54 Å². The Bertz CT molecular complexity index is 1530. The number of nitrogens with zero attached hydrogens (tertiary/aromatic N) is 1. The van der Waals surface area contributed by atoms with Crippen LogP contribution in [0.5, 0.6) is 11.5 Å². The molecule has 0 aliphatic carbocycles. The zero-order valence-electron chi connectivity index (χ0n) is 26.0. The standard InChI is InChI=1S/C35H45ClN6O3/c1-44-33-6-3-2-5-29(33)31-25-42(21-4-15-41-34(43)35(37)13-16-38-17-14-35)32-12-7-26(23-30(31)32)24-40-19-18-39-20-22-45-28-10-8-27(36)9-11-28/h2-3,5-12,23,25,38-40H,4,13-22,24,37H2,1H3,(H,41,43). The maximum absolute atomic E-state index is 12.8. The molecular formula is C35H45ClN6O3. The van der Waals surface area contributed by atoms with E-state index in [1.54, 1.807) is 7.11 Å². The molecule has 0 spiro atoms. The van der Waals surface area contributed by atoms with Gasteiger partial charge in [0.25, 0.3) is 0 Å². The van der Waals surface area contributed by atoms with Gasteiger partial charge < -0.3 is 41.0 Å². The van der Waals surface area contributed by atoms with Gasteiger partial charge in [-0.25, -0.2) is 0 Å². The summed E-state index contributed by atoms with van der Waals surface area (Å²) in [6, 6.07) is 22.2. The van der Waals surface area contributed by atoms with Crippen molar-refractivity contribution in [3.8, 4) is 22.6 Å². The van der Waals surface area contributed by atoms with E-state index >= 15 is 0 Å². The molecule has 0 saturated carbocycles. The zero-order chi connectivity index (χ0) is 31.5. The number of halogens is 1. The van der Waals surface area contributed by atoms with Gasteiger partial charge in [-0.1, -0.05) is 35.9 Å². The fourth-order valence-corrected chi connectivity index (χ4v) is 5.88. The number of benzene rings is 3. The van der Waals surface area contributed by atoms with E-state index in [1.807, 2.05) is 42.5 Å². The van der Waals surface area contributed by atoms with Crippen LogP contribution in [0.3, 0.4) is 0 Å². The first kappa shape index (κ1) is 32.8. The van der Waals surface area contributed by atoms with Crippen LogP contribution in [0.25, 0.3) is 22.0 Å². The molecule has 3 aromatic carbocycles. The lowest BCUT2D eigenvalue weighted by atomic mass is 9.88. The monoisotopic (exact) mass is 632 g/mol. The molecule has 1 amide bonds. The highest BCUT2D eigenvalue weighted by atomic mass is 35.5. The minimum Gasteiger partial charge on any atom is -0.496 e. The lowest BCUT2D eigenvalue weighted by molar-refractivity contribution is -0.127. The second-order valence-electron chi connectivity index (χ2n) is 11.5. The molecule has 6 N–H and O–H groups in total. The Balaban J connectivity index is 1.17. The number of hydrogen-bond donors (Lipinski definition) is 5. The maximum Gasteiger partial charge on any atom is 0.240 e. The number of aryl methyl sites for hydroxylation is 1. The average molecular weight is 633 g/mol. The van der Waals surface area contributed by atoms with Crippen LogP contribution in [-0.2, 0) is 17.9 Å². The molecule has 9 nitrogen and oxygen atoms in total. The van der Waals surface area contributed by atoms with Gasteiger partial charge in [-0.3, -0.25) is 4.79 Å². The summed E-state index contributed by atoms with van der Waals surface area (Å²) in [4.78, 5) is 12.8.